The molecule has 1 nitrogen and oxygen atoms in total. The topological polar surface area (TPSA) is 12.0 Å². The van der Waals surface area contributed by atoms with Crippen LogP contribution in [0.25, 0.3) is 0 Å². The maximum absolute atomic E-state index is 13.0. The molecule has 0 aliphatic heterocycles. The third kappa shape index (κ3) is 3.01. The van der Waals surface area contributed by atoms with Crippen molar-refractivity contribution in [3.63, 3.8) is 0 Å². The smallest absolute Gasteiger partial charge is 0.159 e. The van der Waals surface area contributed by atoms with E-state index in [2.05, 4.69) is 5.32 Å². The van der Waals surface area contributed by atoms with E-state index in [9.17, 15) is 8.78 Å². The zero-order valence-corrected chi connectivity index (χ0v) is 10.7. The van der Waals surface area contributed by atoms with Crippen molar-refractivity contribution in [2.24, 2.45) is 0 Å². The van der Waals surface area contributed by atoms with Gasteiger partial charge in [0.1, 0.15) is 0 Å². The van der Waals surface area contributed by atoms with Crippen LogP contribution in [0.3, 0.4) is 0 Å². The largest absolute Gasteiger partial charge is 0.380 e. The van der Waals surface area contributed by atoms with E-state index >= 15 is 0 Å². The SMILES string of the molecule is CSc1ccccc1NCc1ccc(F)c(F)c1. The maximum Gasteiger partial charge on any atom is 0.159 e. The maximum atomic E-state index is 13.0. The van der Waals surface area contributed by atoms with Gasteiger partial charge in [0.2, 0.25) is 0 Å². The molecule has 0 saturated carbocycles. The number of hydrogen-bond donors (Lipinski definition) is 1. The molecule has 0 heterocycles. The average molecular weight is 265 g/mol. The average Bonchev–Trinajstić information content (AvgIpc) is 2.40. The van der Waals surface area contributed by atoms with Gasteiger partial charge >= 0.3 is 0 Å². The molecular formula is C14H13F2NS. The first-order valence-electron chi connectivity index (χ1n) is 5.51. The third-order valence-electron chi connectivity index (χ3n) is 2.57. The minimum atomic E-state index is -0.816. The normalized spacial score (nSPS) is 10.4. The number of benzene rings is 2. The van der Waals surface area contributed by atoms with Crippen LogP contribution in [-0.2, 0) is 6.54 Å². The number of rotatable bonds is 4. The van der Waals surface area contributed by atoms with E-state index in [4.69, 9.17) is 0 Å². The van der Waals surface area contributed by atoms with Crippen LogP contribution in [0.5, 0.6) is 0 Å². The van der Waals surface area contributed by atoms with Crippen molar-refractivity contribution in [3.05, 3.63) is 59.7 Å². The fraction of sp³-hybridized carbons (Fsp3) is 0.143. The second-order valence-electron chi connectivity index (χ2n) is 3.80. The summed E-state index contributed by atoms with van der Waals surface area (Å²) >= 11 is 1.64. The molecular weight excluding hydrogens is 252 g/mol. The summed E-state index contributed by atoms with van der Waals surface area (Å²) in [4.78, 5) is 1.13. The van der Waals surface area contributed by atoms with Gasteiger partial charge in [0.25, 0.3) is 0 Å². The van der Waals surface area contributed by atoms with Crippen LogP contribution in [0.2, 0.25) is 0 Å². The second-order valence-corrected chi connectivity index (χ2v) is 4.65. The van der Waals surface area contributed by atoms with Crippen molar-refractivity contribution in [2.45, 2.75) is 11.4 Å². The number of anilines is 1. The van der Waals surface area contributed by atoms with Crippen molar-refractivity contribution in [3.8, 4) is 0 Å². The van der Waals surface area contributed by atoms with Gasteiger partial charge in [-0.1, -0.05) is 18.2 Å². The zero-order valence-electron chi connectivity index (χ0n) is 9.91. The standard InChI is InChI=1S/C14H13F2NS/c1-18-14-5-3-2-4-13(14)17-9-10-6-7-11(15)12(16)8-10/h2-8,17H,9H2,1H3. The zero-order chi connectivity index (χ0) is 13.0. The van der Waals surface area contributed by atoms with Gasteiger partial charge in [-0.3, -0.25) is 0 Å². The lowest BCUT2D eigenvalue weighted by Gasteiger charge is -2.10. The Morgan fingerprint density at radius 3 is 2.56 bits per heavy atom. The van der Waals surface area contributed by atoms with E-state index < -0.39 is 11.6 Å². The van der Waals surface area contributed by atoms with Crippen LogP contribution < -0.4 is 5.32 Å². The summed E-state index contributed by atoms with van der Waals surface area (Å²) in [5.74, 6) is -1.63. The summed E-state index contributed by atoms with van der Waals surface area (Å²) in [6, 6.07) is 11.8. The lowest BCUT2D eigenvalue weighted by Crippen LogP contribution is -2.01. The van der Waals surface area contributed by atoms with Gasteiger partial charge in [-0.2, -0.15) is 0 Å². The Labute approximate surface area is 109 Å². The van der Waals surface area contributed by atoms with Crippen LogP contribution in [0, 0.1) is 11.6 Å². The van der Waals surface area contributed by atoms with Gasteiger partial charge in [0, 0.05) is 17.1 Å². The monoisotopic (exact) mass is 265 g/mol. The molecule has 0 unspecified atom stereocenters. The first-order chi connectivity index (χ1) is 8.70. The van der Waals surface area contributed by atoms with E-state index in [0.717, 1.165) is 16.6 Å². The molecule has 4 heteroatoms. The van der Waals surface area contributed by atoms with E-state index in [1.54, 1.807) is 17.8 Å². The minimum absolute atomic E-state index is 0.467. The molecule has 0 radical (unpaired) electrons. The Morgan fingerprint density at radius 2 is 1.83 bits per heavy atom. The quantitative estimate of drug-likeness (QED) is 0.827. The Kier molecular flexibility index (Phi) is 4.20. The molecule has 2 aromatic rings. The Hall–Kier alpha value is -1.55. The lowest BCUT2D eigenvalue weighted by molar-refractivity contribution is 0.507. The molecule has 0 amide bonds. The molecule has 0 atom stereocenters. The van der Waals surface area contributed by atoms with Crippen LogP contribution >= 0.6 is 11.8 Å². The summed E-state index contributed by atoms with van der Waals surface area (Å²) in [5, 5.41) is 3.22. The van der Waals surface area contributed by atoms with E-state index in [1.165, 1.54) is 6.07 Å². The Bertz CT molecular complexity index is 543. The first-order valence-corrected chi connectivity index (χ1v) is 6.74. The number of para-hydroxylation sites is 1. The lowest BCUT2D eigenvalue weighted by atomic mass is 10.2. The van der Waals surface area contributed by atoms with Gasteiger partial charge in [-0.15, -0.1) is 11.8 Å². The minimum Gasteiger partial charge on any atom is -0.380 e. The molecule has 2 rings (SSSR count). The van der Waals surface area contributed by atoms with Crippen molar-refractivity contribution in [2.75, 3.05) is 11.6 Å². The fourth-order valence-corrected chi connectivity index (χ4v) is 2.21. The predicted octanol–water partition coefficient (Wildman–Crippen LogP) is 4.30. The molecule has 0 fully saturated rings. The van der Waals surface area contributed by atoms with Gasteiger partial charge in [-0.05, 0) is 36.1 Å². The van der Waals surface area contributed by atoms with Gasteiger partial charge < -0.3 is 5.32 Å². The number of hydrogen-bond acceptors (Lipinski definition) is 2. The number of thioether (sulfide) groups is 1. The molecule has 2 aromatic carbocycles. The molecule has 94 valence electrons. The van der Waals surface area contributed by atoms with E-state index in [-0.39, 0.29) is 0 Å². The summed E-state index contributed by atoms with van der Waals surface area (Å²) in [6.45, 7) is 0.467. The first kappa shape index (κ1) is 12.9. The molecule has 0 saturated heterocycles. The molecule has 0 aliphatic rings. The van der Waals surface area contributed by atoms with Crippen LogP contribution in [-0.4, -0.2) is 6.26 Å². The highest BCUT2D eigenvalue weighted by atomic mass is 32.2. The molecule has 18 heavy (non-hydrogen) atoms. The summed E-state index contributed by atoms with van der Waals surface area (Å²) < 4.78 is 25.8. The molecule has 0 aromatic heterocycles. The predicted molar refractivity (Wildman–Crippen MR) is 71.9 cm³/mol. The van der Waals surface area contributed by atoms with Crippen molar-refractivity contribution >= 4 is 17.4 Å². The van der Waals surface area contributed by atoms with Crippen molar-refractivity contribution in [1.82, 2.24) is 0 Å². The van der Waals surface area contributed by atoms with Gasteiger partial charge in [0.05, 0.1) is 0 Å². The van der Waals surface area contributed by atoms with Crippen molar-refractivity contribution < 1.29 is 8.78 Å². The Morgan fingerprint density at radius 1 is 1.06 bits per heavy atom. The third-order valence-corrected chi connectivity index (χ3v) is 3.37. The Balaban J connectivity index is 2.09. The molecule has 0 aliphatic carbocycles. The van der Waals surface area contributed by atoms with Gasteiger partial charge in [-0.25, -0.2) is 8.78 Å². The highest BCUT2D eigenvalue weighted by Gasteiger charge is 2.03. The van der Waals surface area contributed by atoms with Crippen LogP contribution in [0.15, 0.2) is 47.4 Å². The fourth-order valence-electron chi connectivity index (χ4n) is 1.64. The highest BCUT2D eigenvalue weighted by Crippen LogP contribution is 2.25. The van der Waals surface area contributed by atoms with E-state index in [0.29, 0.717) is 12.1 Å². The number of nitrogens with one attached hydrogen (secondary N) is 1. The number of halogens is 2. The van der Waals surface area contributed by atoms with E-state index in [1.807, 2.05) is 30.5 Å². The summed E-state index contributed by atoms with van der Waals surface area (Å²) in [5.41, 5.74) is 1.71. The van der Waals surface area contributed by atoms with Crippen LogP contribution in [0.4, 0.5) is 14.5 Å². The van der Waals surface area contributed by atoms with Crippen LogP contribution in [0.1, 0.15) is 5.56 Å². The molecule has 1 N–H and O–H groups in total. The summed E-state index contributed by atoms with van der Waals surface area (Å²) in [7, 11) is 0. The molecule has 0 bridgehead atoms. The molecule has 0 spiro atoms. The second kappa shape index (κ2) is 5.87. The van der Waals surface area contributed by atoms with Gasteiger partial charge in [0.15, 0.2) is 11.6 Å². The summed E-state index contributed by atoms with van der Waals surface area (Å²) in [6.07, 6.45) is 2.00. The highest BCUT2D eigenvalue weighted by molar-refractivity contribution is 7.98. The van der Waals surface area contributed by atoms with Crippen molar-refractivity contribution in [1.29, 1.82) is 0 Å².